The average molecular weight is 442 g/mol. The zero-order valence-corrected chi connectivity index (χ0v) is 18.0. The first kappa shape index (κ1) is 20.7. The van der Waals surface area contributed by atoms with Crippen molar-refractivity contribution in [1.29, 1.82) is 0 Å². The molecule has 0 bridgehead atoms. The van der Waals surface area contributed by atoms with E-state index >= 15 is 0 Å². The monoisotopic (exact) mass is 442 g/mol. The number of hydrogen-bond donors (Lipinski definition) is 1. The minimum absolute atomic E-state index is 0.0245. The third kappa shape index (κ3) is 4.03. The van der Waals surface area contributed by atoms with Crippen molar-refractivity contribution in [3.05, 3.63) is 88.3 Å². The van der Waals surface area contributed by atoms with E-state index in [-0.39, 0.29) is 17.8 Å². The van der Waals surface area contributed by atoms with Gasteiger partial charge in [-0.15, -0.1) is 0 Å². The molecule has 0 unspecified atom stereocenters. The molecule has 1 aromatic heterocycles. The number of amides is 2. The molecule has 166 valence electrons. The molecule has 3 aromatic carbocycles. The quantitative estimate of drug-likeness (QED) is 0.305. The van der Waals surface area contributed by atoms with Crippen LogP contribution >= 0.6 is 0 Å². The summed E-state index contributed by atoms with van der Waals surface area (Å²) in [6, 6.07) is 19.4. The standard InChI is InChI=1S/C25H22N4O4/c1-16-5-2-3-6-20(16)17-8-13-23-21(15-17)27-24(33-23)22-7-4-14-28(22)25(30)26-18-9-11-19(12-10-18)29(31)32/h2-3,5-6,8-13,15,22H,4,7,14H2,1H3,(H,26,30)/t22-/m1/s1. The summed E-state index contributed by atoms with van der Waals surface area (Å²) in [4.78, 5) is 29.7. The summed E-state index contributed by atoms with van der Waals surface area (Å²) in [5, 5.41) is 13.6. The minimum Gasteiger partial charge on any atom is -0.438 e. The molecule has 8 nitrogen and oxygen atoms in total. The molecule has 1 aliphatic heterocycles. The van der Waals surface area contributed by atoms with Crippen LogP contribution in [0.15, 0.2) is 71.1 Å². The van der Waals surface area contributed by atoms with Crippen molar-refractivity contribution in [3.8, 4) is 11.1 Å². The van der Waals surface area contributed by atoms with Crippen LogP contribution in [-0.4, -0.2) is 27.4 Å². The Labute approximate surface area is 190 Å². The number of rotatable bonds is 4. The number of anilines is 1. The fraction of sp³-hybridized carbons (Fsp3) is 0.200. The molecule has 5 rings (SSSR count). The summed E-state index contributed by atoms with van der Waals surface area (Å²) in [6.45, 7) is 2.66. The maximum Gasteiger partial charge on any atom is 0.322 e. The topological polar surface area (TPSA) is 102 Å². The first-order valence-corrected chi connectivity index (χ1v) is 10.8. The highest BCUT2D eigenvalue weighted by molar-refractivity contribution is 5.90. The lowest BCUT2D eigenvalue weighted by molar-refractivity contribution is -0.384. The lowest BCUT2D eigenvalue weighted by Gasteiger charge is -2.22. The van der Waals surface area contributed by atoms with Crippen LogP contribution in [0.25, 0.3) is 22.2 Å². The number of oxazole rings is 1. The number of benzene rings is 3. The largest absolute Gasteiger partial charge is 0.438 e. The van der Waals surface area contributed by atoms with Gasteiger partial charge in [-0.1, -0.05) is 30.3 Å². The van der Waals surface area contributed by atoms with E-state index in [2.05, 4.69) is 24.4 Å². The SMILES string of the molecule is Cc1ccccc1-c1ccc2oc([C@H]3CCCN3C(=O)Nc3ccc([N+](=O)[O-])cc3)nc2c1. The predicted molar refractivity (Wildman–Crippen MR) is 125 cm³/mol. The van der Waals surface area contributed by atoms with Crippen molar-refractivity contribution >= 4 is 28.5 Å². The van der Waals surface area contributed by atoms with Crippen molar-refractivity contribution in [2.45, 2.75) is 25.8 Å². The van der Waals surface area contributed by atoms with Crippen LogP contribution in [0, 0.1) is 17.0 Å². The van der Waals surface area contributed by atoms with Gasteiger partial charge in [0.05, 0.1) is 4.92 Å². The third-order valence-electron chi connectivity index (χ3n) is 5.99. The molecule has 0 radical (unpaired) electrons. The van der Waals surface area contributed by atoms with E-state index in [9.17, 15) is 14.9 Å². The van der Waals surface area contributed by atoms with E-state index in [1.54, 1.807) is 4.90 Å². The van der Waals surface area contributed by atoms with Gasteiger partial charge in [0.1, 0.15) is 11.6 Å². The van der Waals surface area contributed by atoms with Gasteiger partial charge in [-0.05, 0) is 60.7 Å². The summed E-state index contributed by atoms with van der Waals surface area (Å²) < 4.78 is 6.04. The van der Waals surface area contributed by atoms with E-state index in [1.807, 2.05) is 30.3 Å². The van der Waals surface area contributed by atoms with Gasteiger partial charge in [-0.25, -0.2) is 9.78 Å². The summed E-state index contributed by atoms with van der Waals surface area (Å²) in [5.41, 5.74) is 5.32. The Morgan fingerprint density at radius 1 is 1.15 bits per heavy atom. The van der Waals surface area contributed by atoms with E-state index in [1.165, 1.54) is 29.8 Å². The Hall–Kier alpha value is -4.20. The van der Waals surface area contributed by atoms with E-state index in [0.29, 0.717) is 23.7 Å². The highest BCUT2D eigenvalue weighted by atomic mass is 16.6. The average Bonchev–Trinajstić information content (AvgIpc) is 3.46. The number of carbonyl (C=O) groups is 1. The van der Waals surface area contributed by atoms with Crippen LogP contribution in [0.2, 0.25) is 0 Å². The van der Waals surface area contributed by atoms with Crippen LogP contribution in [0.1, 0.15) is 30.3 Å². The molecular weight excluding hydrogens is 420 g/mol. The lowest BCUT2D eigenvalue weighted by atomic mass is 10.0. The number of aromatic nitrogens is 1. The highest BCUT2D eigenvalue weighted by Gasteiger charge is 2.33. The van der Waals surface area contributed by atoms with Gasteiger partial charge >= 0.3 is 6.03 Å². The minimum atomic E-state index is -0.472. The number of hydrogen-bond acceptors (Lipinski definition) is 5. The molecule has 8 heteroatoms. The summed E-state index contributed by atoms with van der Waals surface area (Å²) in [5.74, 6) is 0.517. The van der Waals surface area contributed by atoms with E-state index < -0.39 is 4.92 Å². The number of nitrogens with zero attached hydrogens (tertiary/aromatic N) is 3. The summed E-state index contributed by atoms with van der Waals surface area (Å²) in [6.07, 6.45) is 1.59. The van der Waals surface area contributed by atoms with Crippen molar-refractivity contribution in [2.24, 2.45) is 0 Å². The number of nitro groups is 1. The zero-order chi connectivity index (χ0) is 22.9. The molecule has 1 atom stereocenters. The van der Waals surface area contributed by atoms with Gasteiger partial charge in [0.25, 0.3) is 5.69 Å². The molecule has 1 saturated heterocycles. The molecule has 33 heavy (non-hydrogen) atoms. The molecule has 0 saturated carbocycles. The zero-order valence-electron chi connectivity index (χ0n) is 18.0. The maximum atomic E-state index is 12.9. The highest BCUT2D eigenvalue weighted by Crippen LogP contribution is 2.35. The van der Waals surface area contributed by atoms with Crippen molar-refractivity contribution in [1.82, 2.24) is 9.88 Å². The second-order valence-electron chi connectivity index (χ2n) is 8.14. The van der Waals surface area contributed by atoms with Crippen LogP contribution < -0.4 is 5.32 Å². The Morgan fingerprint density at radius 3 is 2.70 bits per heavy atom. The number of fused-ring (bicyclic) bond motifs is 1. The molecule has 1 N–H and O–H groups in total. The fourth-order valence-corrected chi connectivity index (χ4v) is 4.28. The molecule has 4 aromatic rings. The number of urea groups is 1. The molecular formula is C25H22N4O4. The Balaban J connectivity index is 1.37. The van der Waals surface area contributed by atoms with E-state index in [4.69, 9.17) is 9.40 Å². The summed E-state index contributed by atoms with van der Waals surface area (Å²) in [7, 11) is 0. The third-order valence-corrected chi connectivity index (χ3v) is 5.99. The molecule has 0 spiro atoms. The van der Waals surface area contributed by atoms with Gasteiger partial charge in [-0.3, -0.25) is 10.1 Å². The van der Waals surface area contributed by atoms with Crippen LogP contribution in [0.5, 0.6) is 0 Å². The van der Waals surface area contributed by atoms with Crippen LogP contribution in [-0.2, 0) is 0 Å². The van der Waals surface area contributed by atoms with Gasteiger partial charge in [-0.2, -0.15) is 0 Å². The molecule has 2 heterocycles. The smallest absolute Gasteiger partial charge is 0.322 e. The number of aryl methyl sites for hydroxylation is 1. The fourth-order valence-electron chi connectivity index (χ4n) is 4.28. The Kier molecular flexibility index (Phi) is 5.26. The van der Waals surface area contributed by atoms with Gasteiger partial charge in [0, 0.05) is 24.4 Å². The van der Waals surface area contributed by atoms with Crippen LogP contribution in [0.3, 0.4) is 0 Å². The number of likely N-dealkylation sites (tertiary alicyclic amines) is 1. The Morgan fingerprint density at radius 2 is 1.94 bits per heavy atom. The van der Waals surface area contributed by atoms with Crippen LogP contribution in [0.4, 0.5) is 16.2 Å². The second-order valence-corrected chi connectivity index (χ2v) is 8.14. The van der Waals surface area contributed by atoms with Gasteiger partial charge < -0.3 is 14.6 Å². The normalized spacial score (nSPS) is 15.7. The molecule has 2 amide bonds. The first-order chi connectivity index (χ1) is 16.0. The molecule has 1 aliphatic rings. The molecule has 0 aliphatic carbocycles. The van der Waals surface area contributed by atoms with Crippen molar-refractivity contribution in [2.75, 3.05) is 11.9 Å². The number of non-ortho nitro benzene ring substituents is 1. The van der Waals surface area contributed by atoms with E-state index in [0.717, 1.165) is 29.5 Å². The molecule has 1 fully saturated rings. The van der Waals surface area contributed by atoms with Gasteiger partial charge in [0.2, 0.25) is 5.89 Å². The lowest BCUT2D eigenvalue weighted by Crippen LogP contribution is -2.34. The van der Waals surface area contributed by atoms with Crippen molar-refractivity contribution in [3.63, 3.8) is 0 Å². The first-order valence-electron chi connectivity index (χ1n) is 10.8. The summed E-state index contributed by atoms with van der Waals surface area (Å²) >= 11 is 0. The predicted octanol–water partition coefficient (Wildman–Crippen LogP) is 6.08. The van der Waals surface area contributed by atoms with Crippen molar-refractivity contribution < 1.29 is 14.1 Å². The van der Waals surface area contributed by atoms with Gasteiger partial charge in [0.15, 0.2) is 5.58 Å². The Bertz CT molecular complexity index is 1350. The number of carbonyl (C=O) groups excluding carboxylic acids is 1. The number of nitro benzene ring substituents is 1. The number of nitrogens with one attached hydrogen (secondary N) is 1. The second kappa shape index (κ2) is 8.38. The maximum absolute atomic E-state index is 12.9.